The van der Waals surface area contributed by atoms with E-state index in [1.54, 1.807) is 17.6 Å². The van der Waals surface area contributed by atoms with Gasteiger partial charge in [-0.05, 0) is 31.7 Å². The molecule has 5 nitrogen and oxygen atoms in total. The van der Waals surface area contributed by atoms with Gasteiger partial charge < -0.3 is 0 Å². The van der Waals surface area contributed by atoms with Gasteiger partial charge in [-0.2, -0.15) is 0 Å². The molecule has 0 unspecified atom stereocenters. The van der Waals surface area contributed by atoms with Gasteiger partial charge in [-0.25, -0.2) is 4.39 Å². The first kappa shape index (κ1) is 14.5. The first-order valence-electron chi connectivity index (χ1n) is 6.08. The van der Waals surface area contributed by atoms with Crippen LogP contribution in [0.2, 0.25) is 0 Å². The second-order valence-corrected chi connectivity index (χ2v) is 5.27. The molecule has 1 aromatic heterocycles. The van der Waals surface area contributed by atoms with Gasteiger partial charge >= 0.3 is 0 Å². The van der Waals surface area contributed by atoms with E-state index < -0.39 is 0 Å². The molecule has 1 N–H and O–H groups in total. The van der Waals surface area contributed by atoms with Gasteiger partial charge in [0.2, 0.25) is 11.0 Å². The number of hydrogen-bond acceptors (Lipinski definition) is 5. The van der Waals surface area contributed by atoms with E-state index in [1.165, 1.54) is 23.5 Å². The van der Waals surface area contributed by atoms with Gasteiger partial charge in [0.1, 0.15) is 11.3 Å². The van der Waals surface area contributed by atoms with E-state index in [4.69, 9.17) is 0 Å². The Balaban J connectivity index is 1.91. The Kier molecular flexibility index (Phi) is 4.75. The Labute approximate surface area is 120 Å². The highest BCUT2D eigenvalue weighted by Gasteiger charge is 2.15. The molecule has 1 amide bonds. The summed E-state index contributed by atoms with van der Waals surface area (Å²) in [4.78, 5) is 13.7. The smallest absolute Gasteiger partial charge is 0.240 e. The minimum atomic E-state index is -0.266. The minimum absolute atomic E-state index is 0.00997. The second kappa shape index (κ2) is 6.53. The van der Waals surface area contributed by atoms with Crippen LogP contribution in [0.3, 0.4) is 0 Å². The topological polar surface area (TPSA) is 58.1 Å². The summed E-state index contributed by atoms with van der Waals surface area (Å²) >= 11 is 1.27. The molecule has 1 atom stereocenters. The normalized spacial score (nSPS) is 12.4. The highest BCUT2D eigenvalue weighted by Crippen LogP contribution is 2.18. The van der Waals surface area contributed by atoms with E-state index in [0.717, 1.165) is 5.56 Å². The average molecular weight is 294 g/mol. The third-order valence-electron chi connectivity index (χ3n) is 3.01. The molecule has 20 heavy (non-hydrogen) atoms. The molecule has 0 bridgehead atoms. The lowest BCUT2D eigenvalue weighted by Crippen LogP contribution is -2.32. The molecule has 1 heterocycles. The molecular weight excluding hydrogens is 279 g/mol. The predicted molar refractivity (Wildman–Crippen MR) is 76.0 cm³/mol. The van der Waals surface area contributed by atoms with Crippen LogP contribution in [-0.4, -0.2) is 34.6 Å². The summed E-state index contributed by atoms with van der Waals surface area (Å²) in [6.07, 6.45) is 0. The van der Waals surface area contributed by atoms with E-state index in [0.29, 0.717) is 5.13 Å². The number of nitrogens with zero attached hydrogens (tertiary/aromatic N) is 3. The Morgan fingerprint density at radius 1 is 1.45 bits per heavy atom. The molecule has 0 spiro atoms. The zero-order valence-corrected chi connectivity index (χ0v) is 12.0. The summed E-state index contributed by atoms with van der Waals surface area (Å²) in [5.41, 5.74) is 2.51. The number of anilines is 1. The highest BCUT2D eigenvalue weighted by atomic mass is 32.1. The number of benzene rings is 1. The SMILES string of the molecule is C[C@H](c1ccc(F)cc1)N(C)CC(=O)Nc1nncs1. The van der Waals surface area contributed by atoms with Crippen molar-refractivity contribution in [2.24, 2.45) is 0 Å². The quantitative estimate of drug-likeness (QED) is 0.919. The van der Waals surface area contributed by atoms with E-state index in [9.17, 15) is 9.18 Å². The molecule has 106 valence electrons. The van der Waals surface area contributed by atoms with Crippen LogP contribution in [-0.2, 0) is 4.79 Å². The lowest BCUT2D eigenvalue weighted by Gasteiger charge is -2.24. The maximum absolute atomic E-state index is 12.9. The highest BCUT2D eigenvalue weighted by molar-refractivity contribution is 7.13. The van der Waals surface area contributed by atoms with Crippen molar-refractivity contribution in [3.8, 4) is 0 Å². The summed E-state index contributed by atoms with van der Waals surface area (Å²) in [7, 11) is 1.84. The first-order chi connectivity index (χ1) is 9.56. The summed E-state index contributed by atoms with van der Waals surface area (Å²) in [5.74, 6) is -0.421. The van der Waals surface area contributed by atoms with Crippen LogP contribution < -0.4 is 5.32 Å². The zero-order chi connectivity index (χ0) is 14.5. The molecule has 0 aliphatic rings. The molecule has 1 aromatic carbocycles. The number of rotatable bonds is 5. The predicted octanol–water partition coefficient (Wildman–Crippen LogP) is 2.31. The average Bonchev–Trinajstić information content (AvgIpc) is 2.91. The third kappa shape index (κ3) is 3.82. The molecule has 2 aromatic rings. The summed E-state index contributed by atoms with van der Waals surface area (Å²) in [5, 5.41) is 10.6. The maximum Gasteiger partial charge on any atom is 0.240 e. The summed E-state index contributed by atoms with van der Waals surface area (Å²) in [6, 6.07) is 6.29. The number of nitrogens with one attached hydrogen (secondary N) is 1. The van der Waals surface area contributed by atoms with Crippen molar-refractivity contribution in [3.05, 3.63) is 41.2 Å². The second-order valence-electron chi connectivity index (χ2n) is 4.43. The third-order valence-corrected chi connectivity index (χ3v) is 3.62. The molecule has 7 heteroatoms. The van der Waals surface area contributed by atoms with E-state index in [-0.39, 0.29) is 24.3 Å². The Bertz CT molecular complexity index is 558. The van der Waals surface area contributed by atoms with E-state index >= 15 is 0 Å². The molecular formula is C13H15FN4OS. The summed E-state index contributed by atoms with van der Waals surface area (Å²) in [6.45, 7) is 2.18. The number of hydrogen-bond donors (Lipinski definition) is 1. The van der Waals surface area contributed by atoms with Crippen molar-refractivity contribution >= 4 is 22.4 Å². The van der Waals surface area contributed by atoms with Crippen LogP contribution in [0.4, 0.5) is 9.52 Å². The van der Waals surface area contributed by atoms with Gasteiger partial charge in [0.25, 0.3) is 0 Å². The van der Waals surface area contributed by atoms with Crippen molar-refractivity contribution in [1.29, 1.82) is 0 Å². The fraction of sp³-hybridized carbons (Fsp3) is 0.308. The number of amides is 1. The van der Waals surface area contributed by atoms with Gasteiger partial charge in [-0.15, -0.1) is 10.2 Å². The first-order valence-corrected chi connectivity index (χ1v) is 6.96. The number of likely N-dealkylation sites (N-methyl/N-ethyl adjacent to an activating group) is 1. The number of halogens is 1. The Hall–Kier alpha value is -1.86. The van der Waals surface area contributed by atoms with Crippen molar-refractivity contribution < 1.29 is 9.18 Å². The molecule has 0 saturated carbocycles. The van der Waals surface area contributed by atoms with Crippen LogP contribution in [0.25, 0.3) is 0 Å². The van der Waals surface area contributed by atoms with Crippen molar-refractivity contribution in [2.75, 3.05) is 18.9 Å². The zero-order valence-electron chi connectivity index (χ0n) is 11.2. The van der Waals surface area contributed by atoms with Gasteiger partial charge in [-0.3, -0.25) is 15.0 Å². The fourth-order valence-corrected chi connectivity index (χ4v) is 2.21. The van der Waals surface area contributed by atoms with Crippen molar-refractivity contribution in [2.45, 2.75) is 13.0 Å². The molecule has 0 aliphatic carbocycles. The fourth-order valence-electron chi connectivity index (χ4n) is 1.75. The van der Waals surface area contributed by atoms with Gasteiger partial charge in [0.05, 0.1) is 6.54 Å². The molecule has 2 rings (SSSR count). The minimum Gasteiger partial charge on any atom is -0.299 e. The Morgan fingerprint density at radius 2 is 2.15 bits per heavy atom. The van der Waals surface area contributed by atoms with Crippen LogP contribution in [0.5, 0.6) is 0 Å². The number of carbonyl (C=O) groups excluding carboxylic acids is 1. The van der Waals surface area contributed by atoms with Gasteiger partial charge in [-0.1, -0.05) is 23.5 Å². The molecule has 0 saturated heterocycles. The van der Waals surface area contributed by atoms with E-state index in [2.05, 4.69) is 15.5 Å². The van der Waals surface area contributed by atoms with Gasteiger partial charge in [0.15, 0.2) is 0 Å². The molecule has 0 radical (unpaired) electrons. The maximum atomic E-state index is 12.9. The van der Waals surface area contributed by atoms with Crippen LogP contribution in [0.15, 0.2) is 29.8 Å². The molecule has 0 fully saturated rings. The van der Waals surface area contributed by atoms with Crippen LogP contribution in [0, 0.1) is 5.82 Å². The van der Waals surface area contributed by atoms with Crippen LogP contribution in [0.1, 0.15) is 18.5 Å². The lowest BCUT2D eigenvalue weighted by molar-refractivity contribution is -0.117. The Morgan fingerprint density at radius 3 is 2.75 bits per heavy atom. The number of carbonyl (C=O) groups is 1. The van der Waals surface area contributed by atoms with Crippen molar-refractivity contribution in [1.82, 2.24) is 15.1 Å². The largest absolute Gasteiger partial charge is 0.299 e. The van der Waals surface area contributed by atoms with Crippen LogP contribution >= 0.6 is 11.3 Å². The molecule has 0 aliphatic heterocycles. The van der Waals surface area contributed by atoms with E-state index in [1.807, 2.05) is 18.9 Å². The van der Waals surface area contributed by atoms with Crippen molar-refractivity contribution in [3.63, 3.8) is 0 Å². The summed E-state index contributed by atoms with van der Waals surface area (Å²) < 4.78 is 12.9. The standard InChI is InChI=1S/C13H15FN4OS/c1-9(10-3-5-11(14)6-4-10)18(2)7-12(19)16-13-17-15-8-20-13/h3-6,8-9H,7H2,1-2H3,(H,16,17,19)/t9-/m1/s1. The monoisotopic (exact) mass is 294 g/mol. The van der Waals surface area contributed by atoms with Gasteiger partial charge in [0, 0.05) is 6.04 Å². The number of aromatic nitrogens is 2. The lowest BCUT2D eigenvalue weighted by atomic mass is 10.1.